The van der Waals surface area contributed by atoms with Crippen LogP contribution in [0.25, 0.3) is 0 Å². The van der Waals surface area contributed by atoms with Gasteiger partial charge in [-0.3, -0.25) is 0 Å². The van der Waals surface area contributed by atoms with Crippen molar-refractivity contribution >= 4 is 0 Å². The summed E-state index contributed by atoms with van der Waals surface area (Å²) in [4.78, 5) is 0. The minimum atomic E-state index is -0.193. The highest BCUT2D eigenvalue weighted by molar-refractivity contribution is 5.38. The smallest absolute Gasteiger partial charge is 0.108 e. The van der Waals surface area contributed by atoms with Crippen molar-refractivity contribution in [3.63, 3.8) is 0 Å². The molecular formula is C32H47F. The van der Waals surface area contributed by atoms with Crippen LogP contribution in [-0.4, -0.2) is 0 Å². The van der Waals surface area contributed by atoms with Crippen molar-refractivity contribution in [3.8, 4) is 0 Å². The van der Waals surface area contributed by atoms with Crippen molar-refractivity contribution in [2.45, 2.75) is 110 Å². The Balaban J connectivity index is 1.52. The lowest BCUT2D eigenvalue weighted by atomic mass is 9.55. The van der Waals surface area contributed by atoms with E-state index in [-0.39, 0.29) is 17.2 Å². The maximum absolute atomic E-state index is 15.8. The first-order chi connectivity index (χ1) is 16.2. The Hall–Kier alpha value is -1.37. The molecule has 182 valence electrons. The van der Waals surface area contributed by atoms with Gasteiger partial charge in [0.25, 0.3) is 0 Å². The number of halogens is 1. The van der Waals surface area contributed by atoms with E-state index >= 15 is 4.39 Å². The van der Waals surface area contributed by atoms with Gasteiger partial charge < -0.3 is 0 Å². The lowest BCUT2D eigenvalue weighted by molar-refractivity contribution is 0.0801. The normalized spacial score (nSPS) is 34.8. The van der Waals surface area contributed by atoms with Crippen LogP contribution in [0.15, 0.2) is 54.4 Å². The molecule has 1 aromatic rings. The summed E-state index contributed by atoms with van der Waals surface area (Å²) in [6, 6.07) is 10.2. The quantitative estimate of drug-likeness (QED) is 0.259. The highest BCUT2D eigenvalue weighted by Crippen LogP contribution is 2.56. The molecule has 2 unspecified atom stereocenters. The molecule has 33 heavy (non-hydrogen) atoms. The zero-order valence-electron chi connectivity index (χ0n) is 21.3. The molecule has 0 heterocycles. The van der Waals surface area contributed by atoms with E-state index in [1.165, 1.54) is 89.9 Å². The van der Waals surface area contributed by atoms with Crippen LogP contribution >= 0.6 is 0 Å². The monoisotopic (exact) mass is 450 g/mol. The minimum Gasteiger partial charge on any atom is -0.211 e. The highest BCUT2D eigenvalue weighted by Gasteiger charge is 2.46. The van der Waals surface area contributed by atoms with E-state index in [2.05, 4.69) is 44.2 Å². The zero-order valence-corrected chi connectivity index (χ0v) is 21.3. The maximum atomic E-state index is 15.8. The highest BCUT2D eigenvalue weighted by atomic mass is 19.1. The molecule has 0 nitrogen and oxygen atoms in total. The predicted molar refractivity (Wildman–Crippen MR) is 140 cm³/mol. The van der Waals surface area contributed by atoms with Gasteiger partial charge in [0.15, 0.2) is 0 Å². The van der Waals surface area contributed by atoms with E-state index in [1.54, 1.807) is 0 Å². The fraction of sp³-hybridized carbons (Fsp3) is 0.688. The van der Waals surface area contributed by atoms with Gasteiger partial charge >= 0.3 is 0 Å². The first-order valence-corrected chi connectivity index (χ1v) is 14.3. The molecule has 2 atom stereocenters. The van der Waals surface area contributed by atoms with Gasteiger partial charge in [0.2, 0.25) is 0 Å². The zero-order chi connectivity index (χ0) is 23.1. The molecule has 0 amide bonds. The number of hydrogen-bond acceptors (Lipinski definition) is 0. The third kappa shape index (κ3) is 5.83. The van der Waals surface area contributed by atoms with Gasteiger partial charge in [-0.25, -0.2) is 4.39 Å². The molecule has 0 N–H and O–H groups in total. The summed E-state index contributed by atoms with van der Waals surface area (Å²) < 4.78 is 15.8. The second-order valence-electron chi connectivity index (χ2n) is 11.5. The Kier molecular flexibility index (Phi) is 8.89. The molecule has 1 heteroatoms. The van der Waals surface area contributed by atoms with E-state index in [0.29, 0.717) is 11.8 Å². The molecule has 0 saturated heterocycles. The third-order valence-electron chi connectivity index (χ3n) is 9.44. The maximum Gasteiger partial charge on any atom is 0.108 e. The molecule has 3 aliphatic carbocycles. The van der Waals surface area contributed by atoms with Gasteiger partial charge in [0.1, 0.15) is 5.83 Å². The van der Waals surface area contributed by atoms with Crippen LogP contribution in [0.3, 0.4) is 0 Å². The lowest BCUT2D eigenvalue weighted by Crippen LogP contribution is -2.40. The lowest BCUT2D eigenvalue weighted by Gasteiger charge is -2.49. The first kappa shape index (κ1) is 24.7. The number of benzene rings is 1. The van der Waals surface area contributed by atoms with Crippen molar-refractivity contribution < 1.29 is 4.39 Å². The van der Waals surface area contributed by atoms with E-state index in [9.17, 15) is 0 Å². The second-order valence-corrected chi connectivity index (χ2v) is 11.5. The number of unbranched alkanes of at least 4 members (excludes halogenated alkanes) is 2. The predicted octanol–water partition coefficient (Wildman–Crippen LogP) is 10.2. The number of allylic oxidation sites excluding steroid dienone is 4. The van der Waals surface area contributed by atoms with Crippen LogP contribution in [0.1, 0.15) is 115 Å². The second kappa shape index (κ2) is 11.9. The van der Waals surface area contributed by atoms with Crippen molar-refractivity contribution in [2.75, 3.05) is 0 Å². The number of rotatable bonds is 9. The minimum absolute atomic E-state index is 0.0546. The molecule has 0 aromatic heterocycles. The van der Waals surface area contributed by atoms with E-state index < -0.39 is 0 Å². The molecule has 0 aliphatic heterocycles. The topological polar surface area (TPSA) is 0 Å². The van der Waals surface area contributed by atoms with Gasteiger partial charge in [-0.2, -0.15) is 0 Å². The fourth-order valence-electron chi connectivity index (χ4n) is 7.50. The van der Waals surface area contributed by atoms with Gasteiger partial charge in [0.05, 0.1) is 5.92 Å². The standard InChI is InChI=1S/C32H47F/c1-3-5-7-11-26-16-20-29(21-17-26)32(28-18-14-25(10-4-2)15-19-28)23-22-30(31(33)24-32)27-12-8-6-9-13-27/h6,8-9,12-13,22-26,28-30H,3-5,7,10-11,14-21H2,1-2H3. The summed E-state index contributed by atoms with van der Waals surface area (Å²) in [6.45, 7) is 4.62. The van der Waals surface area contributed by atoms with Crippen LogP contribution in [0.2, 0.25) is 0 Å². The van der Waals surface area contributed by atoms with Crippen molar-refractivity contribution in [1.82, 2.24) is 0 Å². The van der Waals surface area contributed by atoms with Gasteiger partial charge in [-0.1, -0.05) is 121 Å². The molecule has 0 spiro atoms. The SMILES string of the molecule is CCCCCC1CCC(C2(C3CCC(CCC)CC3)C=CC(c3ccccc3)C(F)=C2)CC1. The molecule has 2 fully saturated rings. The first-order valence-electron chi connectivity index (χ1n) is 14.3. The van der Waals surface area contributed by atoms with Crippen LogP contribution in [0.4, 0.5) is 4.39 Å². The molecular weight excluding hydrogens is 403 g/mol. The van der Waals surface area contributed by atoms with E-state index in [1.807, 2.05) is 18.2 Å². The van der Waals surface area contributed by atoms with Gasteiger partial charge in [-0.05, 0) is 61.0 Å². The van der Waals surface area contributed by atoms with Gasteiger partial charge in [-0.15, -0.1) is 0 Å². The summed E-state index contributed by atoms with van der Waals surface area (Å²) in [5.74, 6) is 2.95. The number of hydrogen-bond donors (Lipinski definition) is 0. The molecule has 0 bridgehead atoms. The van der Waals surface area contributed by atoms with Gasteiger partial charge in [0, 0.05) is 5.41 Å². The average Bonchev–Trinajstić information content (AvgIpc) is 2.86. The Morgan fingerprint density at radius 1 is 0.758 bits per heavy atom. The van der Waals surface area contributed by atoms with Crippen LogP contribution in [0, 0.1) is 29.1 Å². The molecule has 3 aliphatic rings. The largest absolute Gasteiger partial charge is 0.211 e. The summed E-state index contributed by atoms with van der Waals surface area (Å²) in [7, 11) is 0. The summed E-state index contributed by atoms with van der Waals surface area (Å²) >= 11 is 0. The molecule has 4 rings (SSSR count). The van der Waals surface area contributed by atoms with Crippen LogP contribution in [-0.2, 0) is 0 Å². The van der Waals surface area contributed by atoms with Crippen LogP contribution < -0.4 is 0 Å². The third-order valence-corrected chi connectivity index (χ3v) is 9.44. The summed E-state index contributed by atoms with van der Waals surface area (Å²) in [5.41, 5.74) is 1.03. The molecule has 0 radical (unpaired) electrons. The Labute approximate surface area is 203 Å². The Morgan fingerprint density at radius 3 is 1.91 bits per heavy atom. The summed E-state index contributed by atoms with van der Waals surface area (Å²) in [6.07, 6.45) is 25.6. The van der Waals surface area contributed by atoms with Crippen LogP contribution in [0.5, 0.6) is 0 Å². The molecule has 2 saturated carbocycles. The average molecular weight is 451 g/mol. The van der Waals surface area contributed by atoms with Crippen molar-refractivity contribution in [2.24, 2.45) is 29.1 Å². The Morgan fingerprint density at radius 2 is 1.36 bits per heavy atom. The molecule has 1 aromatic carbocycles. The van der Waals surface area contributed by atoms with Crippen molar-refractivity contribution in [3.05, 3.63) is 60.0 Å². The van der Waals surface area contributed by atoms with Crippen molar-refractivity contribution in [1.29, 1.82) is 0 Å². The summed E-state index contributed by atoms with van der Waals surface area (Å²) in [5, 5.41) is 0. The Bertz CT molecular complexity index is 761. The van der Waals surface area contributed by atoms with E-state index in [0.717, 1.165) is 17.4 Å². The fourth-order valence-corrected chi connectivity index (χ4v) is 7.50. The van der Waals surface area contributed by atoms with E-state index in [4.69, 9.17) is 0 Å².